The summed E-state index contributed by atoms with van der Waals surface area (Å²) in [5.41, 5.74) is 4.21. The summed E-state index contributed by atoms with van der Waals surface area (Å²) in [7, 11) is 0. The Balaban J connectivity index is 2.02. The molecule has 2 aromatic rings. The minimum absolute atomic E-state index is 0.150. The van der Waals surface area contributed by atoms with Crippen LogP contribution in [0.5, 0.6) is 5.75 Å². The second-order valence-corrected chi connectivity index (χ2v) is 5.31. The molecule has 0 unspecified atom stereocenters. The van der Waals surface area contributed by atoms with Crippen molar-refractivity contribution in [1.29, 1.82) is 0 Å². The summed E-state index contributed by atoms with van der Waals surface area (Å²) in [6, 6.07) is 13.5. The molecular weight excluding hydrogens is 262 g/mol. The Kier molecular flexibility index (Phi) is 4.63. The number of hydrogen-bond acceptors (Lipinski definition) is 2. The lowest BCUT2D eigenvalue weighted by molar-refractivity contribution is -0.122. The Hall–Kier alpha value is -2.29. The molecule has 1 amide bonds. The quantitative estimate of drug-likeness (QED) is 0.920. The van der Waals surface area contributed by atoms with Crippen molar-refractivity contribution in [1.82, 2.24) is 0 Å². The molecule has 0 aliphatic carbocycles. The van der Waals surface area contributed by atoms with Crippen molar-refractivity contribution in [3.05, 3.63) is 59.2 Å². The van der Waals surface area contributed by atoms with E-state index >= 15 is 0 Å². The molecule has 0 aliphatic heterocycles. The highest BCUT2D eigenvalue weighted by molar-refractivity contribution is 5.94. The minimum atomic E-state index is -0.549. The van der Waals surface area contributed by atoms with Crippen LogP contribution in [0.4, 0.5) is 5.69 Å². The average molecular weight is 283 g/mol. The number of amides is 1. The number of ether oxygens (including phenoxy) is 1. The van der Waals surface area contributed by atoms with Crippen LogP contribution in [0.15, 0.2) is 42.5 Å². The fraction of sp³-hybridized carbons (Fsp3) is 0.278. The van der Waals surface area contributed by atoms with Crippen LogP contribution >= 0.6 is 0 Å². The monoisotopic (exact) mass is 283 g/mol. The Morgan fingerprint density at radius 2 is 1.71 bits per heavy atom. The van der Waals surface area contributed by atoms with Gasteiger partial charge >= 0.3 is 0 Å². The predicted molar refractivity (Wildman–Crippen MR) is 85.8 cm³/mol. The first-order valence-electron chi connectivity index (χ1n) is 7.08. The molecule has 1 atom stereocenters. The highest BCUT2D eigenvalue weighted by Crippen LogP contribution is 2.19. The van der Waals surface area contributed by atoms with E-state index in [2.05, 4.69) is 5.32 Å². The van der Waals surface area contributed by atoms with Crippen molar-refractivity contribution in [2.24, 2.45) is 0 Å². The van der Waals surface area contributed by atoms with Crippen molar-refractivity contribution in [3.8, 4) is 5.75 Å². The maximum Gasteiger partial charge on any atom is 0.265 e. The van der Waals surface area contributed by atoms with E-state index in [0.717, 1.165) is 16.8 Å². The van der Waals surface area contributed by atoms with E-state index in [1.807, 2.05) is 63.2 Å². The zero-order valence-electron chi connectivity index (χ0n) is 12.9. The van der Waals surface area contributed by atoms with Gasteiger partial charge in [0.25, 0.3) is 5.91 Å². The number of anilines is 1. The van der Waals surface area contributed by atoms with Crippen molar-refractivity contribution in [2.75, 3.05) is 5.32 Å². The summed E-state index contributed by atoms with van der Waals surface area (Å²) in [5.74, 6) is 0.563. The molecule has 3 heteroatoms. The van der Waals surface area contributed by atoms with E-state index in [9.17, 15) is 4.79 Å². The zero-order valence-corrected chi connectivity index (χ0v) is 12.9. The topological polar surface area (TPSA) is 38.3 Å². The van der Waals surface area contributed by atoms with Crippen LogP contribution in [0.3, 0.4) is 0 Å². The third-order valence-corrected chi connectivity index (χ3v) is 3.56. The molecule has 0 saturated heterocycles. The maximum atomic E-state index is 12.2. The normalized spacial score (nSPS) is 11.8. The largest absolute Gasteiger partial charge is 0.481 e. The van der Waals surface area contributed by atoms with Crippen LogP contribution in [-0.4, -0.2) is 12.0 Å². The molecule has 0 aromatic heterocycles. The van der Waals surface area contributed by atoms with Crippen molar-refractivity contribution < 1.29 is 9.53 Å². The summed E-state index contributed by atoms with van der Waals surface area (Å²) in [5, 5.41) is 2.89. The number of rotatable bonds is 4. The second-order valence-electron chi connectivity index (χ2n) is 5.31. The van der Waals surface area contributed by atoms with Crippen molar-refractivity contribution in [2.45, 2.75) is 33.8 Å². The second kappa shape index (κ2) is 6.44. The van der Waals surface area contributed by atoms with Gasteiger partial charge < -0.3 is 10.1 Å². The summed E-state index contributed by atoms with van der Waals surface area (Å²) < 4.78 is 5.71. The molecule has 21 heavy (non-hydrogen) atoms. The lowest BCUT2D eigenvalue weighted by Gasteiger charge is -2.16. The van der Waals surface area contributed by atoms with Crippen LogP contribution in [0.25, 0.3) is 0 Å². The van der Waals surface area contributed by atoms with Crippen molar-refractivity contribution >= 4 is 11.6 Å². The summed E-state index contributed by atoms with van der Waals surface area (Å²) >= 11 is 0. The molecule has 0 saturated carbocycles. The number of aryl methyl sites for hydroxylation is 3. The van der Waals surface area contributed by atoms with Gasteiger partial charge in [0.05, 0.1) is 0 Å². The van der Waals surface area contributed by atoms with E-state index in [4.69, 9.17) is 4.74 Å². The van der Waals surface area contributed by atoms with Crippen LogP contribution in [0.2, 0.25) is 0 Å². The number of carbonyl (C=O) groups excluding carboxylic acids is 1. The van der Waals surface area contributed by atoms with Gasteiger partial charge in [-0.25, -0.2) is 0 Å². The molecule has 0 fully saturated rings. The molecule has 0 aliphatic rings. The molecule has 0 radical (unpaired) electrons. The van der Waals surface area contributed by atoms with Gasteiger partial charge in [0.2, 0.25) is 0 Å². The number of carbonyl (C=O) groups is 1. The average Bonchev–Trinajstić information content (AvgIpc) is 2.45. The standard InChI is InChI=1S/C18H21NO2/c1-12-9-10-16(11-14(12)3)21-15(4)18(20)19-17-8-6-5-7-13(17)2/h5-11,15H,1-4H3,(H,19,20)/t15-/m1/s1. The van der Waals surface area contributed by atoms with Gasteiger partial charge in [0.1, 0.15) is 5.75 Å². The van der Waals surface area contributed by atoms with E-state index in [0.29, 0.717) is 5.75 Å². The van der Waals surface area contributed by atoms with Gasteiger partial charge in [0.15, 0.2) is 6.10 Å². The molecule has 2 rings (SSSR count). The van der Waals surface area contributed by atoms with E-state index in [-0.39, 0.29) is 5.91 Å². The first-order valence-corrected chi connectivity index (χ1v) is 7.08. The number of hydrogen-bond donors (Lipinski definition) is 1. The predicted octanol–water partition coefficient (Wildman–Crippen LogP) is 4.02. The van der Waals surface area contributed by atoms with Gasteiger partial charge in [-0.2, -0.15) is 0 Å². The van der Waals surface area contributed by atoms with E-state index in [1.54, 1.807) is 6.92 Å². The van der Waals surface area contributed by atoms with Crippen LogP contribution < -0.4 is 10.1 Å². The molecule has 2 aromatic carbocycles. The smallest absolute Gasteiger partial charge is 0.265 e. The van der Waals surface area contributed by atoms with Gasteiger partial charge in [0, 0.05) is 5.69 Å². The zero-order chi connectivity index (χ0) is 15.4. The first-order chi connectivity index (χ1) is 9.97. The number of nitrogens with one attached hydrogen (secondary N) is 1. The highest BCUT2D eigenvalue weighted by Gasteiger charge is 2.15. The van der Waals surface area contributed by atoms with E-state index in [1.165, 1.54) is 5.56 Å². The SMILES string of the molecule is Cc1ccc(O[C@H](C)C(=O)Nc2ccccc2C)cc1C. The highest BCUT2D eigenvalue weighted by atomic mass is 16.5. The lowest BCUT2D eigenvalue weighted by Crippen LogP contribution is -2.30. The van der Waals surface area contributed by atoms with Crippen LogP contribution in [-0.2, 0) is 4.79 Å². The molecule has 0 bridgehead atoms. The van der Waals surface area contributed by atoms with E-state index < -0.39 is 6.10 Å². The third kappa shape index (κ3) is 3.85. The van der Waals surface area contributed by atoms with Crippen molar-refractivity contribution in [3.63, 3.8) is 0 Å². The summed E-state index contributed by atoms with van der Waals surface area (Å²) in [4.78, 5) is 12.2. The third-order valence-electron chi connectivity index (χ3n) is 3.56. The summed E-state index contributed by atoms with van der Waals surface area (Å²) in [6.45, 7) is 7.79. The van der Waals surface area contributed by atoms with Gasteiger partial charge in [-0.05, 0) is 62.6 Å². The minimum Gasteiger partial charge on any atom is -0.481 e. The Morgan fingerprint density at radius 3 is 2.38 bits per heavy atom. The molecule has 1 N–H and O–H groups in total. The Labute approximate surface area is 126 Å². The van der Waals surface area contributed by atoms with Gasteiger partial charge in [-0.15, -0.1) is 0 Å². The Morgan fingerprint density at radius 1 is 1.00 bits per heavy atom. The maximum absolute atomic E-state index is 12.2. The summed E-state index contributed by atoms with van der Waals surface area (Å²) in [6.07, 6.45) is -0.549. The van der Waals surface area contributed by atoms with Crippen LogP contribution in [0.1, 0.15) is 23.6 Å². The molecular formula is C18H21NO2. The number of para-hydroxylation sites is 1. The van der Waals surface area contributed by atoms with Crippen LogP contribution in [0, 0.1) is 20.8 Å². The molecule has 110 valence electrons. The fourth-order valence-electron chi connectivity index (χ4n) is 1.99. The Bertz CT molecular complexity index is 649. The molecule has 0 heterocycles. The van der Waals surface area contributed by atoms with Gasteiger partial charge in [-0.1, -0.05) is 24.3 Å². The number of benzene rings is 2. The van der Waals surface area contributed by atoms with Gasteiger partial charge in [-0.3, -0.25) is 4.79 Å². The fourth-order valence-corrected chi connectivity index (χ4v) is 1.99. The lowest BCUT2D eigenvalue weighted by atomic mass is 10.1. The molecule has 3 nitrogen and oxygen atoms in total. The first kappa shape index (κ1) is 15.1. The molecule has 0 spiro atoms.